The number of anilines is 1. The standard InChI is InChI=1S/C13H16FN3O2/c14-8-3-11(7-13(4-8)17(18)19)16-12-5-9-1-2-10(6-12)15-9/h3-4,7,9-10,12,15-16H,1-2,5-6H2. The van der Waals surface area contributed by atoms with E-state index in [2.05, 4.69) is 10.6 Å². The van der Waals surface area contributed by atoms with E-state index in [1.165, 1.54) is 25.0 Å². The van der Waals surface area contributed by atoms with Gasteiger partial charge in [-0.1, -0.05) is 0 Å². The highest BCUT2D eigenvalue weighted by molar-refractivity contribution is 5.52. The molecule has 2 bridgehead atoms. The molecule has 102 valence electrons. The lowest BCUT2D eigenvalue weighted by Gasteiger charge is -2.30. The highest BCUT2D eigenvalue weighted by Gasteiger charge is 2.33. The van der Waals surface area contributed by atoms with Gasteiger partial charge in [-0.15, -0.1) is 0 Å². The summed E-state index contributed by atoms with van der Waals surface area (Å²) >= 11 is 0. The Hall–Kier alpha value is -1.69. The van der Waals surface area contributed by atoms with E-state index in [0.717, 1.165) is 18.9 Å². The van der Waals surface area contributed by atoms with E-state index in [1.54, 1.807) is 0 Å². The van der Waals surface area contributed by atoms with Gasteiger partial charge in [-0.05, 0) is 31.7 Å². The first kappa shape index (κ1) is 12.3. The van der Waals surface area contributed by atoms with Crippen LogP contribution in [0.2, 0.25) is 0 Å². The molecule has 1 aromatic rings. The zero-order valence-electron chi connectivity index (χ0n) is 10.4. The molecule has 2 atom stereocenters. The molecule has 2 heterocycles. The van der Waals surface area contributed by atoms with Gasteiger partial charge in [-0.2, -0.15) is 0 Å². The Kier molecular flexibility index (Phi) is 3.10. The first-order valence-electron chi connectivity index (χ1n) is 6.58. The quantitative estimate of drug-likeness (QED) is 0.650. The van der Waals surface area contributed by atoms with Crippen LogP contribution in [0.4, 0.5) is 15.8 Å². The number of nitrogens with zero attached hydrogens (tertiary/aromatic N) is 1. The van der Waals surface area contributed by atoms with Crippen molar-refractivity contribution in [2.24, 2.45) is 0 Å². The lowest BCUT2D eigenvalue weighted by Crippen LogP contribution is -2.43. The highest BCUT2D eigenvalue weighted by Crippen LogP contribution is 2.29. The van der Waals surface area contributed by atoms with E-state index in [4.69, 9.17) is 0 Å². The summed E-state index contributed by atoms with van der Waals surface area (Å²) in [6.45, 7) is 0. The minimum Gasteiger partial charge on any atom is -0.382 e. The summed E-state index contributed by atoms with van der Waals surface area (Å²) in [6, 6.07) is 4.97. The summed E-state index contributed by atoms with van der Waals surface area (Å²) in [5.74, 6) is -0.575. The molecule has 6 heteroatoms. The molecule has 3 rings (SSSR count). The number of hydrogen-bond acceptors (Lipinski definition) is 4. The topological polar surface area (TPSA) is 67.2 Å². The number of hydrogen-bond donors (Lipinski definition) is 2. The molecule has 19 heavy (non-hydrogen) atoms. The van der Waals surface area contributed by atoms with Crippen molar-refractivity contribution in [3.63, 3.8) is 0 Å². The first-order chi connectivity index (χ1) is 9.10. The third-order valence-corrected chi connectivity index (χ3v) is 3.94. The van der Waals surface area contributed by atoms with Gasteiger partial charge in [0.05, 0.1) is 11.0 Å². The van der Waals surface area contributed by atoms with Crippen molar-refractivity contribution < 1.29 is 9.31 Å². The van der Waals surface area contributed by atoms with Crippen molar-refractivity contribution in [1.82, 2.24) is 5.32 Å². The second kappa shape index (κ2) is 4.77. The van der Waals surface area contributed by atoms with E-state index in [-0.39, 0.29) is 11.7 Å². The Morgan fingerprint density at radius 2 is 1.95 bits per heavy atom. The molecule has 2 aliphatic heterocycles. The molecule has 0 saturated carbocycles. The Balaban J connectivity index is 1.74. The summed E-state index contributed by atoms with van der Waals surface area (Å²) in [7, 11) is 0. The molecule has 2 N–H and O–H groups in total. The minimum absolute atomic E-state index is 0.209. The predicted molar refractivity (Wildman–Crippen MR) is 69.6 cm³/mol. The minimum atomic E-state index is -0.575. The van der Waals surface area contributed by atoms with Gasteiger partial charge in [0, 0.05) is 29.9 Å². The van der Waals surface area contributed by atoms with Crippen LogP contribution in [-0.2, 0) is 0 Å². The number of nitro benzene ring substituents is 1. The normalized spacial score (nSPS) is 29.2. The first-order valence-corrected chi connectivity index (χ1v) is 6.58. The number of piperidine rings is 1. The van der Waals surface area contributed by atoms with E-state index in [0.29, 0.717) is 17.8 Å². The third kappa shape index (κ3) is 2.68. The zero-order valence-corrected chi connectivity index (χ0v) is 10.4. The van der Waals surface area contributed by atoms with Crippen molar-refractivity contribution in [1.29, 1.82) is 0 Å². The maximum atomic E-state index is 13.4. The molecule has 2 saturated heterocycles. The molecular weight excluding hydrogens is 249 g/mol. The fourth-order valence-corrected chi connectivity index (χ4v) is 3.17. The number of halogens is 1. The average Bonchev–Trinajstić information content (AvgIpc) is 2.68. The van der Waals surface area contributed by atoms with Crippen LogP contribution in [0.5, 0.6) is 0 Å². The van der Waals surface area contributed by atoms with Gasteiger partial charge < -0.3 is 10.6 Å². The van der Waals surface area contributed by atoms with Crippen molar-refractivity contribution in [3.8, 4) is 0 Å². The molecule has 0 spiro atoms. The number of nitrogens with one attached hydrogen (secondary N) is 2. The van der Waals surface area contributed by atoms with Crippen molar-refractivity contribution in [2.75, 3.05) is 5.32 Å². The average molecular weight is 265 g/mol. The number of fused-ring (bicyclic) bond motifs is 2. The smallest absolute Gasteiger partial charge is 0.274 e. The van der Waals surface area contributed by atoms with E-state index < -0.39 is 10.7 Å². The van der Waals surface area contributed by atoms with Crippen LogP contribution in [0.3, 0.4) is 0 Å². The molecule has 2 aliphatic rings. The summed E-state index contributed by atoms with van der Waals surface area (Å²) in [5.41, 5.74) is 0.289. The molecule has 0 aromatic heterocycles. The summed E-state index contributed by atoms with van der Waals surface area (Å²) in [4.78, 5) is 10.1. The van der Waals surface area contributed by atoms with Crippen molar-refractivity contribution in [3.05, 3.63) is 34.1 Å². The molecule has 1 aromatic carbocycles. The Morgan fingerprint density at radius 1 is 1.26 bits per heavy atom. The van der Waals surface area contributed by atoms with Gasteiger partial charge >= 0.3 is 0 Å². The molecule has 0 amide bonds. The van der Waals surface area contributed by atoms with Crippen LogP contribution in [0.15, 0.2) is 18.2 Å². The Morgan fingerprint density at radius 3 is 2.58 bits per heavy atom. The summed E-state index contributed by atoms with van der Waals surface area (Å²) in [5, 5.41) is 17.5. The summed E-state index contributed by atoms with van der Waals surface area (Å²) < 4.78 is 13.4. The lowest BCUT2D eigenvalue weighted by molar-refractivity contribution is -0.385. The van der Waals surface area contributed by atoms with Gasteiger partial charge in [0.15, 0.2) is 0 Å². The monoisotopic (exact) mass is 265 g/mol. The maximum Gasteiger partial charge on any atom is 0.274 e. The van der Waals surface area contributed by atoms with Crippen LogP contribution in [0.1, 0.15) is 25.7 Å². The SMILES string of the molecule is O=[N+]([O-])c1cc(F)cc(NC2CC3CCC(C2)N3)c1. The Bertz CT molecular complexity index is 497. The van der Waals surface area contributed by atoms with Gasteiger partial charge in [0.2, 0.25) is 0 Å². The fourth-order valence-electron chi connectivity index (χ4n) is 3.17. The van der Waals surface area contributed by atoms with Gasteiger partial charge in [-0.25, -0.2) is 4.39 Å². The van der Waals surface area contributed by atoms with Crippen LogP contribution < -0.4 is 10.6 Å². The van der Waals surface area contributed by atoms with Crippen LogP contribution in [0, 0.1) is 15.9 Å². The molecular formula is C13H16FN3O2. The van der Waals surface area contributed by atoms with E-state index in [1.807, 2.05) is 0 Å². The third-order valence-electron chi connectivity index (χ3n) is 3.94. The fraction of sp³-hybridized carbons (Fsp3) is 0.538. The number of non-ortho nitro benzene ring substituents is 1. The highest BCUT2D eigenvalue weighted by atomic mass is 19.1. The van der Waals surface area contributed by atoms with Crippen LogP contribution in [-0.4, -0.2) is 23.0 Å². The van der Waals surface area contributed by atoms with Crippen molar-refractivity contribution >= 4 is 11.4 Å². The predicted octanol–water partition coefficient (Wildman–Crippen LogP) is 2.43. The van der Waals surface area contributed by atoms with Gasteiger partial charge in [0.25, 0.3) is 5.69 Å². The summed E-state index contributed by atoms with van der Waals surface area (Å²) in [6.07, 6.45) is 4.35. The van der Waals surface area contributed by atoms with Gasteiger partial charge in [-0.3, -0.25) is 10.1 Å². The lowest BCUT2D eigenvalue weighted by atomic mass is 9.99. The van der Waals surface area contributed by atoms with Crippen LogP contribution >= 0.6 is 0 Å². The zero-order chi connectivity index (χ0) is 13.4. The maximum absolute atomic E-state index is 13.4. The van der Waals surface area contributed by atoms with E-state index >= 15 is 0 Å². The van der Waals surface area contributed by atoms with Crippen LogP contribution in [0.25, 0.3) is 0 Å². The largest absolute Gasteiger partial charge is 0.382 e. The number of nitro groups is 1. The second-order valence-electron chi connectivity index (χ2n) is 5.41. The molecule has 0 radical (unpaired) electrons. The Labute approximate surface area is 110 Å². The van der Waals surface area contributed by atoms with Crippen molar-refractivity contribution in [2.45, 2.75) is 43.8 Å². The molecule has 5 nitrogen and oxygen atoms in total. The number of benzene rings is 1. The molecule has 2 fully saturated rings. The van der Waals surface area contributed by atoms with Gasteiger partial charge in [0.1, 0.15) is 5.82 Å². The van der Waals surface area contributed by atoms with E-state index in [9.17, 15) is 14.5 Å². The second-order valence-corrected chi connectivity index (χ2v) is 5.41. The molecule has 0 aliphatic carbocycles. The number of rotatable bonds is 3. The molecule has 2 unspecified atom stereocenters.